The molecular formula is C21H18F4N4O4S. The monoisotopic (exact) mass is 498 g/mol. The first-order chi connectivity index (χ1) is 16.1. The molecule has 0 unspecified atom stereocenters. The Bertz CT molecular complexity index is 1300. The summed E-state index contributed by atoms with van der Waals surface area (Å²) in [5.74, 6) is -3.20. The molecule has 0 aliphatic carbocycles. The summed E-state index contributed by atoms with van der Waals surface area (Å²) in [6, 6.07) is 8.38. The maximum Gasteiger partial charge on any atom is 0.324 e. The van der Waals surface area contributed by atoms with Crippen molar-refractivity contribution in [3.8, 4) is 11.5 Å². The zero-order valence-corrected chi connectivity index (χ0v) is 18.3. The van der Waals surface area contributed by atoms with E-state index in [0.717, 1.165) is 17.0 Å². The Morgan fingerprint density at radius 2 is 1.76 bits per heavy atom. The number of nitrogens with zero attached hydrogens (tertiary/aromatic N) is 4. The number of benzene rings is 2. The van der Waals surface area contributed by atoms with E-state index in [1.54, 1.807) is 0 Å². The lowest BCUT2D eigenvalue weighted by molar-refractivity contribution is 0.116. The highest BCUT2D eigenvalue weighted by Crippen LogP contribution is 2.28. The molecular weight excluding hydrogens is 480 g/mol. The Morgan fingerprint density at radius 3 is 2.38 bits per heavy atom. The van der Waals surface area contributed by atoms with Gasteiger partial charge in [-0.2, -0.15) is 8.78 Å². The molecule has 1 aliphatic heterocycles. The van der Waals surface area contributed by atoms with Crippen molar-refractivity contribution in [2.45, 2.75) is 13.0 Å². The van der Waals surface area contributed by atoms with Gasteiger partial charge in [-0.05, 0) is 24.3 Å². The molecule has 2 amide bonds. The molecule has 2 aromatic carbocycles. The normalized spacial score (nSPS) is 15.5. The lowest BCUT2D eigenvalue weighted by atomic mass is 10.1. The fraction of sp³-hybridized carbons (Fsp3) is 0.286. The third kappa shape index (κ3) is 5.03. The molecule has 0 bridgehead atoms. The van der Waals surface area contributed by atoms with Gasteiger partial charge in [0.15, 0.2) is 9.84 Å². The molecule has 8 nitrogen and oxygen atoms in total. The van der Waals surface area contributed by atoms with E-state index in [9.17, 15) is 30.8 Å². The molecule has 34 heavy (non-hydrogen) atoms. The number of aromatic nitrogens is 2. The number of hydrogen-bond acceptors (Lipinski definition) is 6. The average Bonchev–Trinajstić information content (AvgIpc) is 3.29. The van der Waals surface area contributed by atoms with Crippen LogP contribution in [0, 0.1) is 11.6 Å². The van der Waals surface area contributed by atoms with Crippen molar-refractivity contribution in [3.05, 3.63) is 65.6 Å². The van der Waals surface area contributed by atoms with Gasteiger partial charge in [-0.15, -0.1) is 10.2 Å². The van der Waals surface area contributed by atoms with Crippen LogP contribution in [0.15, 0.2) is 46.9 Å². The van der Waals surface area contributed by atoms with E-state index in [2.05, 4.69) is 10.2 Å². The highest BCUT2D eigenvalue weighted by Gasteiger charge is 2.30. The van der Waals surface area contributed by atoms with Crippen LogP contribution in [-0.4, -0.2) is 54.1 Å². The zero-order chi connectivity index (χ0) is 24.5. The third-order valence-corrected chi connectivity index (χ3v) is 6.85. The predicted molar refractivity (Wildman–Crippen MR) is 113 cm³/mol. The van der Waals surface area contributed by atoms with Crippen LogP contribution in [0.1, 0.15) is 17.9 Å². The average molecular weight is 498 g/mol. The van der Waals surface area contributed by atoms with Crippen LogP contribution in [0.5, 0.6) is 0 Å². The van der Waals surface area contributed by atoms with Gasteiger partial charge in [-0.25, -0.2) is 22.0 Å². The molecule has 0 radical (unpaired) electrons. The number of hydrogen-bond donors (Lipinski definition) is 0. The van der Waals surface area contributed by atoms with Gasteiger partial charge in [-0.1, -0.05) is 18.2 Å². The highest BCUT2D eigenvalue weighted by molar-refractivity contribution is 7.91. The number of rotatable bonds is 5. The van der Waals surface area contributed by atoms with Crippen molar-refractivity contribution < 1.29 is 35.2 Å². The number of halogens is 4. The van der Waals surface area contributed by atoms with Gasteiger partial charge in [0.05, 0.1) is 23.7 Å². The van der Waals surface area contributed by atoms with Gasteiger partial charge in [0.2, 0.25) is 5.89 Å². The summed E-state index contributed by atoms with van der Waals surface area (Å²) in [6.07, 6.45) is -2.98. The van der Waals surface area contributed by atoms with E-state index in [4.69, 9.17) is 4.42 Å². The van der Waals surface area contributed by atoms with Crippen molar-refractivity contribution in [2.75, 3.05) is 29.5 Å². The van der Waals surface area contributed by atoms with Gasteiger partial charge in [-0.3, -0.25) is 4.90 Å². The van der Waals surface area contributed by atoms with E-state index in [0.29, 0.717) is 0 Å². The number of carbonyl (C=O) groups is 1. The van der Waals surface area contributed by atoms with Crippen LogP contribution in [0.3, 0.4) is 0 Å². The third-order valence-electron chi connectivity index (χ3n) is 5.24. The molecule has 0 atom stereocenters. The Kier molecular flexibility index (Phi) is 6.55. The van der Waals surface area contributed by atoms with Gasteiger partial charge >= 0.3 is 12.5 Å². The zero-order valence-electron chi connectivity index (χ0n) is 17.5. The van der Waals surface area contributed by atoms with Crippen molar-refractivity contribution in [1.82, 2.24) is 15.1 Å². The van der Waals surface area contributed by atoms with Crippen LogP contribution in [0.2, 0.25) is 0 Å². The first kappa shape index (κ1) is 23.7. The van der Waals surface area contributed by atoms with E-state index < -0.39 is 39.8 Å². The van der Waals surface area contributed by atoms with Crippen LogP contribution < -0.4 is 4.90 Å². The second-order valence-corrected chi connectivity index (χ2v) is 9.81. The summed E-state index contributed by atoms with van der Waals surface area (Å²) in [6.45, 7) is -0.518. The van der Waals surface area contributed by atoms with Crippen molar-refractivity contribution in [2.24, 2.45) is 0 Å². The predicted octanol–water partition coefficient (Wildman–Crippen LogP) is 3.81. The number of alkyl halides is 2. The second kappa shape index (κ2) is 9.41. The number of anilines is 1. The molecule has 13 heteroatoms. The Hall–Kier alpha value is -3.48. The van der Waals surface area contributed by atoms with E-state index in [1.807, 2.05) is 0 Å². The molecule has 180 valence electrons. The molecule has 2 heterocycles. The standard InChI is InChI=1S/C21H18F4N4O4S/c22-15-3-1-2-4-17(15)29(21(30)28-7-9-34(31,32)10-8-28)12-14-6-5-13(11-16(14)23)19-26-27-20(33-19)18(24)25/h1-6,11,18H,7-10,12H2. The molecule has 0 N–H and O–H groups in total. The Labute approximate surface area is 191 Å². The fourth-order valence-electron chi connectivity index (χ4n) is 3.42. The largest absolute Gasteiger partial charge is 0.415 e. The van der Waals surface area contributed by atoms with Crippen LogP contribution in [-0.2, 0) is 16.4 Å². The van der Waals surface area contributed by atoms with Crippen molar-refractivity contribution >= 4 is 21.6 Å². The minimum Gasteiger partial charge on any atom is -0.415 e. The topological polar surface area (TPSA) is 96.6 Å². The SMILES string of the molecule is O=C(N1CCS(=O)(=O)CC1)N(Cc1ccc(-c2nnc(C(F)F)o2)cc1F)c1ccccc1F. The van der Waals surface area contributed by atoms with E-state index in [1.165, 1.54) is 35.2 Å². The second-order valence-electron chi connectivity index (χ2n) is 7.51. The quantitative estimate of drug-likeness (QED) is 0.497. The lowest BCUT2D eigenvalue weighted by Gasteiger charge is -2.33. The van der Waals surface area contributed by atoms with Gasteiger partial charge in [0, 0.05) is 24.2 Å². The summed E-state index contributed by atoms with van der Waals surface area (Å²) >= 11 is 0. The van der Waals surface area contributed by atoms with Crippen molar-refractivity contribution in [1.29, 1.82) is 0 Å². The summed E-state index contributed by atoms with van der Waals surface area (Å²) in [4.78, 5) is 15.5. The lowest BCUT2D eigenvalue weighted by Crippen LogP contribution is -2.50. The van der Waals surface area contributed by atoms with E-state index >= 15 is 0 Å². The first-order valence-electron chi connectivity index (χ1n) is 10.1. The molecule has 1 aliphatic rings. The summed E-state index contributed by atoms with van der Waals surface area (Å²) in [5.41, 5.74) is -0.0629. The highest BCUT2D eigenvalue weighted by atomic mass is 32.2. The summed E-state index contributed by atoms with van der Waals surface area (Å²) in [5, 5.41) is 6.66. The summed E-state index contributed by atoms with van der Waals surface area (Å²) in [7, 11) is -3.26. The van der Waals surface area contributed by atoms with Gasteiger partial charge in [0.1, 0.15) is 11.6 Å². The van der Waals surface area contributed by atoms with Crippen LogP contribution in [0.4, 0.5) is 28.0 Å². The number of urea groups is 1. The van der Waals surface area contributed by atoms with Gasteiger partial charge in [0.25, 0.3) is 5.89 Å². The molecule has 1 aromatic heterocycles. The maximum atomic E-state index is 14.9. The molecule has 0 saturated carbocycles. The van der Waals surface area contributed by atoms with Gasteiger partial charge < -0.3 is 9.32 Å². The van der Waals surface area contributed by atoms with Crippen molar-refractivity contribution in [3.63, 3.8) is 0 Å². The van der Waals surface area contributed by atoms with Crippen LogP contribution >= 0.6 is 0 Å². The minimum absolute atomic E-state index is 0.00131. The summed E-state index contributed by atoms with van der Waals surface area (Å²) < 4.78 is 83.1. The fourth-order valence-corrected chi connectivity index (χ4v) is 4.62. The molecule has 3 aromatic rings. The number of para-hydroxylation sites is 1. The minimum atomic E-state index is -3.26. The Morgan fingerprint density at radius 1 is 1.06 bits per heavy atom. The number of sulfone groups is 1. The first-order valence-corrected chi connectivity index (χ1v) is 11.9. The molecule has 1 fully saturated rings. The smallest absolute Gasteiger partial charge is 0.324 e. The Balaban J connectivity index is 1.62. The van der Waals surface area contributed by atoms with E-state index in [-0.39, 0.29) is 53.8 Å². The molecule has 0 spiro atoms. The van der Waals surface area contributed by atoms with Crippen LogP contribution in [0.25, 0.3) is 11.5 Å². The number of carbonyl (C=O) groups excluding carboxylic acids is 1. The molecule has 1 saturated heterocycles. The number of amides is 2. The maximum absolute atomic E-state index is 14.9. The molecule has 4 rings (SSSR count).